The first-order valence-electron chi connectivity index (χ1n) is 10.4. The minimum absolute atomic E-state index is 0.0292. The molecule has 1 heterocycles. The standard InChI is InChI=1S/C23H30N2O5S/c1-24(16-19-8-10-22(29-2)11-9-19)31(27,28)18-21-12-14-25(15-13-21)23(26)30-17-20-6-4-3-5-7-20/h3-11,21H,12-18H2,1-2H3. The zero-order chi connectivity index (χ0) is 22.3. The average molecular weight is 447 g/mol. The molecule has 2 aromatic carbocycles. The maximum Gasteiger partial charge on any atom is 0.410 e. The van der Waals surface area contributed by atoms with Crippen molar-refractivity contribution in [2.24, 2.45) is 5.92 Å². The Bertz CT molecular complexity index is 940. The third-order valence-corrected chi connectivity index (χ3v) is 7.53. The number of ether oxygens (including phenoxy) is 2. The molecule has 0 spiro atoms. The van der Waals surface area contributed by atoms with Crippen molar-refractivity contribution in [2.45, 2.75) is 26.0 Å². The highest BCUT2D eigenvalue weighted by Gasteiger charge is 2.29. The normalized spacial score (nSPS) is 15.1. The molecule has 1 saturated heterocycles. The summed E-state index contributed by atoms with van der Waals surface area (Å²) in [7, 11) is -0.186. The van der Waals surface area contributed by atoms with Gasteiger partial charge in [-0.3, -0.25) is 0 Å². The molecule has 1 fully saturated rings. The third-order valence-electron chi connectivity index (χ3n) is 5.56. The Morgan fingerprint density at radius 3 is 2.29 bits per heavy atom. The molecule has 0 N–H and O–H groups in total. The van der Waals surface area contributed by atoms with Gasteiger partial charge in [-0.05, 0) is 42.0 Å². The van der Waals surface area contributed by atoms with E-state index in [1.807, 2.05) is 54.6 Å². The number of sulfonamides is 1. The summed E-state index contributed by atoms with van der Waals surface area (Å²) in [5.41, 5.74) is 1.85. The lowest BCUT2D eigenvalue weighted by Crippen LogP contribution is -2.41. The molecular weight excluding hydrogens is 416 g/mol. The van der Waals surface area contributed by atoms with E-state index < -0.39 is 10.0 Å². The Balaban J connectivity index is 1.44. The van der Waals surface area contributed by atoms with E-state index in [2.05, 4.69) is 0 Å². The van der Waals surface area contributed by atoms with Crippen LogP contribution in [0.25, 0.3) is 0 Å². The first-order valence-corrected chi connectivity index (χ1v) is 12.0. The van der Waals surface area contributed by atoms with Crippen LogP contribution in [0.15, 0.2) is 54.6 Å². The van der Waals surface area contributed by atoms with E-state index >= 15 is 0 Å². The Morgan fingerprint density at radius 1 is 1.03 bits per heavy atom. The molecular formula is C23H30N2O5S. The second-order valence-corrected chi connectivity index (χ2v) is 9.97. The van der Waals surface area contributed by atoms with Crippen LogP contribution >= 0.6 is 0 Å². The summed E-state index contributed by atoms with van der Waals surface area (Å²) >= 11 is 0. The van der Waals surface area contributed by atoms with Crippen molar-refractivity contribution in [1.29, 1.82) is 0 Å². The van der Waals surface area contributed by atoms with E-state index in [9.17, 15) is 13.2 Å². The third kappa shape index (κ3) is 6.70. The summed E-state index contributed by atoms with van der Waals surface area (Å²) in [6.07, 6.45) is 0.952. The van der Waals surface area contributed by atoms with Crippen LogP contribution in [0.1, 0.15) is 24.0 Å². The van der Waals surface area contributed by atoms with Gasteiger partial charge in [-0.15, -0.1) is 0 Å². The van der Waals surface area contributed by atoms with Crippen molar-refractivity contribution in [2.75, 3.05) is 33.0 Å². The number of rotatable bonds is 8. The highest BCUT2D eigenvalue weighted by atomic mass is 32.2. The Labute approximate surface area is 184 Å². The molecule has 3 rings (SSSR count). The topological polar surface area (TPSA) is 76.2 Å². The van der Waals surface area contributed by atoms with Crippen LogP contribution in [-0.4, -0.2) is 56.7 Å². The summed E-state index contributed by atoms with van der Waals surface area (Å²) < 4.78 is 37.5. The van der Waals surface area contributed by atoms with Crippen molar-refractivity contribution in [3.63, 3.8) is 0 Å². The summed E-state index contributed by atoms with van der Waals surface area (Å²) in [6, 6.07) is 16.9. The lowest BCUT2D eigenvalue weighted by atomic mass is 9.99. The Hall–Kier alpha value is -2.58. The van der Waals surface area contributed by atoms with Gasteiger partial charge in [-0.25, -0.2) is 17.5 Å². The molecule has 31 heavy (non-hydrogen) atoms. The molecule has 1 amide bonds. The van der Waals surface area contributed by atoms with Crippen LogP contribution in [0.5, 0.6) is 5.75 Å². The van der Waals surface area contributed by atoms with E-state index in [1.165, 1.54) is 4.31 Å². The van der Waals surface area contributed by atoms with Crippen molar-refractivity contribution < 1.29 is 22.7 Å². The first-order chi connectivity index (χ1) is 14.9. The quantitative estimate of drug-likeness (QED) is 0.620. The summed E-state index contributed by atoms with van der Waals surface area (Å²) in [5, 5.41) is 0. The highest BCUT2D eigenvalue weighted by Crippen LogP contribution is 2.22. The fourth-order valence-corrected chi connectivity index (χ4v) is 5.13. The average Bonchev–Trinajstić information content (AvgIpc) is 2.79. The number of hydrogen-bond donors (Lipinski definition) is 0. The van der Waals surface area contributed by atoms with E-state index in [1.54, 1.807) is 19.1 Å². The largest absolute Gasteiger partial charge is 0.497 e. The summed E-state index contributed by atoms with van der Waals surface area (Å²) in [5.74, 6) is 0.858. The number of carbonyl (C=O) groups is 1. The predicted octanol–water partition coefficient (Wildman–Crippen LogP) is 3.51. The van der Waals surface area contributed by atoms with Crippen molar-refractivity contribution in [1.82, 2.24) is 9.21 Å². The van der Waals surface area contributed by atoms with Crippen molar-refractivity contribution in [3.8, 4) is 5.75 Å². The Kier molecular flexibility index (Phi) is 7.92. The number of amides is 1. The Morgan fingerprint density at radius 2 is 1.68 bits per heavy atom. The maximum absolute atomic E-state index is 12.8. The molecule has 0 unspecified atom stereocenters. The van der Waals surface area contributed by atoms with Gasteiger partial charge in [0.15, 0.2) is 0 Å². The van der Waals surface area contributed by atoms with Gasteiger partial charge in [0.2, 0.25) is 10.0 Å². The van der Waals surface area contributed by atoms with E-state index in [0.717, 1.165) is 16.9 Å². The number of carbonyl (C=O) groups excluding carboxylic acids is 1. The molecule has 7 nitrogen and oxygen atoms in total. The monoisotopic (exact) mass is 446 g/mol. The molecule has 0 radical (unpaired) electrons. The maximum atomic E-state index is 12.8. The predicted molar refractivity (Wildman–Crippen MR) is 119 cm³/mol. The first kappa shape index (κ1) is 23.1. The van der Waals surface area contributed by atoms with Gasteiger partial charge in [0, 0.05) is 26.7 Å². The fraction of sp³-hybridized carbons (Fsp3) is 0.435. The van der Waals surface area contributed by atoms with Crippen molar-refractivity contribution in [3.05, 3.63) is 65.7 Å². The van der Waals surface area contributed by atoms with Crippen LogP contribution in [-0.2, 0) is 27.9 Å². The van der Waals surface area contributed by atoms with Crippen molar-refractivity contribution >= 4 is 16.1 Å². The molecule has 0 atom stereocenters. The van der Waals surface area contributed by atoms with Gasteiger partial charge in [0.1, 0.15) is 12.4 Å². The van der Waals surface area contributed by atoms with Gasteiger partial charge < -0.3 is 14.4 Å². The zero-order valence-electron chi connectivity index (χ0n) is 18.1. The summed E-state index contributed by atoms with van der Waals surface area (Å²) in [4.78, 5) is 13.9. The number of benzene rings is 2. The van der Waals surface area contributed by atoms with Gasteiger partial charge in [0.25, 0.3) is 0 Å². The molecule has 1 aliphatic rings. The van der Waals surface area contributed by atoms with Gasteiger partial charge in [0.05, 0.1) is 12.9 Å². The number of nitrogens with zero attached hydrogens (tertiary/aromatic N) is 2. The van der Waals surface area contributed by atoms with Crippen LogP contribution < -0.4 is 4.74 Å². The molecule has 168 valence electrons. The minimum Gasteiger partial charge on any atom is -0.497 e. The van der Waals surface area contributed by atoms with E-state index in [4.69, 9.17) is 9.47 Å². The fourth-order valence-electron chi connectivity index (χ4n) is 3.60. The molecule has 0 bridgehead atoms. The second kappa shape index (κ2) is 10.6. The SMILES string of the molecule is COc1ccc(CN(C)S(=O)(=O)CC2CCN(C(=O)OCc3ccccc3)CC2)cc1. The number of likely N-dealkylation sites (tertiary alicyclic amines) is 1. The van der Waals surface area contributed by atoms with Crippen LogP contribution in [0.3, 0.4) is 0 Å². The number of hydrogen-bond acceptors (Lipinski definition) is 5. The molecule has 1 aliphatic heterocycles. The lowest BCUT2D eigenvalue weighted by Gasteiger charge is -2.32. The number of piperidine rings is 1. The van der Waals surface area contributed by atoms with Gasteiger partial charge >= 0.3 is 6.09 Å². The van der Waals surface area contributed by atoms with E-state index in [0.29, 0.717) is 32.5 Å². The molecule has 0 saturated carbocycles. The van der Waals surface area contributed by atoms with Gasteiger partial charge in [-0.1, -0.05) is 42.5 Å². The molecule has 0 aliphatic carbocycles. The van der Waals surface area contributed by atoms with Crippen LogP contribution in [0, 0.1) is 5.92 Å². The smallest absolute Gasteiger partial charge is 0.410 e. The lowest BCUT2D eigenvalue weighted by molar-refractivity contribution is 0.0838. The van der Waals surface area contributed by atoms with Crippen LogP contribution in [0.4, 0.5) is 4.79 Å². The molecule has 8 heteroatoms. The molecule has 0 aromatic heterocycles. The second-order valence-electron chi connectivity index (χ2n) is 7.85. The van der Waals surface area contributed by atoms with E-state index in [-0.39, 0.29) is 24.4 Å². The number of methoxy groups -OCH3 is 1. The van der Waals surface area contributed by atoms with Gasteiger partial charge in [-0.2, -0.15) is 0 Å². The molecule has 2 aromatic rings. The zero-order valence-corrected chi connectivity index (χ0v) is 18.9. The minimum atomic E-state index is -3.39. The highest BCUT2D eigenvalue weighted by molar-refractivity contribution is 7.89. The summed E-state index contributed by atoms with van der Waals surface area (Å²) in [6.45, 7) is 1.58. The van der Waals surface area contributed by atoms with Crippen LogP contribution in [0.2, 0.25) is 0 Å².